The molecule has 1 aliphatic rings. The number of hydrogen-bond donors (Lipinski definition) is 2. The average Bonchev–Trinajstić information content (AvgIpc) is 2.46. The lowest BCUT2D eigenvalue weighted by Crippen LogP contribution is -2.46. The van der Waals surface area contributed by atoms with Crippen LogP contribution in [0.5, 0.6) is 0 Å². The molecule has 8 nitrogen and oxygen atoms in total. The van der Waals surface area contributed by atoms with Crippen molar-refractivity contribution >= 4 is 20.2 Å². The van der Waals surface area contributed by atoms with E-state index in [9.17, 15) is 16.8 Å². The molecule has 21 heavy (non-hydrogen) atoms. The molecule has 0 saturated carbocycles. The Hall–Kier alpha value is -1.04. The van der Waals surface area contributed by atoms with Gasteiger partial charge in [-0.25, -0.2) is 13.6 Å². The van der Waals surface area contributed by atoms with Crippen LogP contribution >= 0.6 is 0 Å². The largest absolute Gasteiger partial charge is 0.379 e. The number of benzene rings is 1. The number of nitrogens with two attached hydrogens (primary N) is 1. The van der Waals surface area contributed by atoms with E-state index in [0.29, 0.717) is 31.9 Å². The molecule has 1 fully saturated rings. The molecular formula is C11H17N3O5S2. The van der Waals surface area contributed by atoms with Crippen molar-refractivity contribution in [2.75, 3.05) is 26.3 Å². The van der Waals surface area contributed by atoms with E-state index in [1.807, 2.05) is 0 Å². The van der Waals surface area contributed by atoms with Crippen molar-refractivity contribution in [1.82, 2.24) is 9.03 Å². The van der Waals surface area contributed by atoms with Crippen molar-refractivity contribution in [3.05, 3.63) is 29.8 Å². The Balaban J connectivity index is 1.99. The molecule has 0 spiro atoms. The highest BCUT2D eigenvalue weighted by Gasteiger charge is 2.23. The molecule has 1 aromatic rings. The molecule has 1 saturated heterocycles. The van der Waals surface area contributed by atoms with Gasteiger partial charge in [-0.3, -0.25) is 0 Å². The topological polar surface area (TPSA) is 119 Å². The van der Waals surface area contributed by atoms with E-state index < -0.39 is 20.2 Å². The van der Waals surface area contributed by atoms with Crippen LogP contribution in [0.15, 0.2) is 29.2 Å². The fraction of sp³-hybridized carbons (Fsp3) is 0.455. The summed E-state index contributed by atoms with van der Waals surface area (Å²) in [5, 5.41) is 4.99. The van der Waals surface area contributed by atoms with Crippen molar-refractivity contribution in [3.8, 4) is 0 Å². The predicted octanol–water partition coefficient (Wildman–Crippen LogP) is -0.999. The van der Waals surface area contributed by atoms with E-state index in [0.717, 1.165) is 0 Å². The lowest BCUT2D eigenvalue weighted by atomic mass is 10.2. The summed E-state index contributed by atoms with van der Waals surface area (Å²) in [5.41, 5.74) is 0.638. The smallest absolute Gasteiger partial charge is 0.279 e. The molecular weight excluding hydrogens is 318 g/mol. The summed E-state index contributed by atoms with van der Waals surface area (Å²) < 4.78 is 55.2. The molecule has 1 heterocycles. The fourth-order valence-electron chi connectivity index (χ4n) is 1.85. The van der Waals surface area contributed by atoms with E-state index in [1.165, 1.54) is 28.6 Å². The van der Waals surface area contributed by atoms with Crippen LogP contribution in [0.3, 0.4) is 0 Å². The van der Waals surface area contributed by atoms with Gasteiger partial charge in [0.15, 0.2) is 0 Å². The van der Waals surface area contributed by atoms with Crippen LogP contribution in [0.4, 0.5) is 0 Å². The van der Waals surface area contributed by atoms with Gasteiger partial charge >= 0.3 is 0 Å². The van der Waals surface area contributed by atoms with Crippen molar-refractivity contribution in [2.45, 2.75) is 11.4 Å². The molecule has 0 amide bonds. The molecule has 0 aliphatic carbocycles. The summed E-state index contributed by atoms with van der Waals surface area (Å²) in [7, 11) is -7.30. The highest BCUT2D eigenvalue weighted by Crippen LogP contribution is 2.10. The Kier molecular flexibility index (Phi) is 4.96. The van der Waals surface area contributed by atoms with Gasteiger partial charge in [-0.15, -0.1) is 0 Å². The summed E-state index contributed by atoms with van der Waals surface area (Å²) in [6, 6.07) is 5.71. The minimum absolute atomic E-state index is 0.0118. The number of primary sulfonamides is 1. The SMILES string of the molecule is NS(=O)(=O)c1ccc(CNS(=O)(=O)N2CCOCC2)cc1. The Morgan fingerprint density at radius 1 is 1.10 bits per heavy atom. The van der Waals surface area contributed by atoms with Crippen molar-refractivity contribution in [3.63, 3.8) is 0 Å². The molecule has 0 unspecified atom stereocenters. The van der Waals surface area contributed by atoms with Gasteiger partial charge in [-0.05, 0) is 17.7 Å². The highest BCUT2D eigenvalue weighted by molar-refractivity contribution is 7.89. The maximum Gasteiger partial charge on any atom is 0.279 e. The van der Waals surface area contributed by atoms with Crippen LogP contribution in [0, 0.1) is 0 Å². The van der Waals surface area contributed by atoms with Gasteiger partial charge < -0.3 is 4.74 Å². The maximum atomic E-state index is 12.0. The molecule has 1 aliphatic heterocycles. The monoisotopic (exact) mass is 335 g/mol. The van der Waals surface area contributed by atoms with Crippen molar-refractivity contribution < 1.29 is 21.6 Å². The van der Waals surface area contributed by atoms with Gasteiger partial charge in [0, 0.05) is 19.6 Å². The summed E-state index contributed by atoms with van der Waals surface area (Å²) in [4.78, 5) is -0.0118. The highest BCUT2D eigenvalue weighted by atomic mass is 32.2. The van der Waals surface area contributed by atoms with Crippen molar-refractivity contribution in [2.24, 2.45) is 5.14 Å². The van der Waals surface area contributed by atoms with E-state index in [4.69, 9.17) is 9.88 Å². The van der Waals surface area contributed by atoms with Gasteiger partial charge in [-0.1, -0.05) is 12.1 Å². The standard InChI is InChI=1S/C11H17N3O5S2/c12-20(15,16)11-3-1-10(2-4-11)9-13-21(17,18)14-5-7-19-8-6-14/h1-4,13H,5-9H2,(H2,12,15,16). The van der Waals surface area contributed by atoms with Crippen LogP contribution < -0.4 is 9.86 Å². The molecule has 0 radical (unpaired) electrons. The number of ether oxygens (including phenoxy) is 1. The number of nitrogens with one attached hydrogen (secondary N) is 1. The first-order valence-electron chi connectivity index (χ1n) is 6.23. The minimum atomic E-state index is -3.74. The van der Waals surface area contributed by atoms with E-state index in [-0.39, 0.29) is 11.4 Å². The van der Waals surface area contributed by atoms with Gasteiger partial charge in [0.25, 0.3) is 10.2 Å². The summed E-state index contributed by atoms with van der Waals surface area (Å²) in [5.74, 6) is 0. The zero-order valence-electron chi connectivity index (χ0n) is 11.2. The van der Waals surface area contributed by atoms with Crippen molar-refractivity contribution in [1.29, 1.82) is 0 Å². The summed E-state index contributed by atoms with van der Waals surface area (Å²) in [6.07, 6.45) is 0. The van der Waals surface area contributed by atoms with Crippen LogP contribution in [-0.2, 0) is 31.5 Å². The lowest BCUT2D eigenvalue weighted by molar-refractivity contribution is 0.0725. The third kappa shape index (κ3) is 4.46. The number of morpholine rings is 1. The molecule has 1 aromatic carbocycles. The predicted molar refractivity (Wildman–Crippen MR) is 76.0 cm³/mol. The second-order valence-corrected chi connectivity index (χ2v) is 7.84. The number of rotatable bonds is 5. The normalized spacial score (nSPS) is 17.8. The Morgan fingerprint density at radius 2 is 1.67 bits per heavy atom. The van der Waals surface area contributed by atoms with E-state index >= 15 is 0 Å². The first-order chi connectivity index (χ1) is 9.79. The first kappa shape index (κ1) is 16.3. The van der Waals surface area contributed by atoms with Crippen LogP contribution in [-0.4, -0.2) is 47.4 Å². The van der Waals surface area contributed by atoms with Crippen LogP contribution in [0.2, 0.25) is 0 Å². The minimum Gasteiger partial charge on any atom is -0.379 e. The molecule has 10 heteroatoms. The zero-order valence-corrected chi connectivity index (χ0v) is 12.9. The second kappa shape index (κ2) is 6.38. The molecule has 0 aromatic heterocycles. The molecule has 0 atom stereocenters. The zero-order chi connectivity index (χ0) is 15.5. The van der Waals surface area contributed by atoms with Gasteiger partial charge in [-0.2, -0.15) is 17.4 Å². The number of nitrogens with zero attached hydrogens (tertiary/aromatic N) is 1. The maximum absolute atomic E-state index is 12.0. The number of sulfonamides is 1. The molecule has 2 rings (SSSR count). The van der Waals surface area contributed by atoms with Crippen LogP contribution in [0.25, 0.3) is 0 Å². The quantitative estimate of drug-likeness (QED) is 0.715. The summed E-state index contributed by atoms with van der Waals surface area (Å²) in [6.45, 7) is 1.47. The van der Waals surface area contributed by atoms with Gasteiger partial charge in [0.2, 0.25) is 10.0 Å². The number of hydrogen-bond acceptors (Lipinski definition) is 5. The Labute approximate surface area is 124 Å². The van der Waals surface area contributed by atoms with Gasteiger partial charge in [0.1, 0.15) is 0 Å². The Morgan fingerprint density at radius 3 is 2.19 bits per heavy atom. The molecule has 3 N–H and O–H groups in total. The van der Waals surface area contributed by atoms with E-state index in [1.54, 1.807) is 0 Å². The van der Waals surface area contributed by atoms with Crippen LogP contribution in [0.1, 0.15) is 5.56 Å². The first-order valence-corrected chi connectivity index (χ1v) is 9.22. The van der Waals surface area contributed by atoms with E-state index in [2.05, 4.69) is 4.72 Å². The molecule has 0 bridgehead atoms. The fourth-order valence-corrected chi connectivity index (χ4v) is 3.53. The third-order valence-corrected chi connectivity index (χ3v) is 5.50. The van der Waals surface area contributed by atoms with Gasteiger partial charge in [0.05, 0.1) is 18.1 Å². The second-order valence-electron chi connectivity index (χ2n) is 4.53. The average molecular weight is 335 g/mol. The third-order valence-electron chi connectivity index (χ3n) is 3.02. The lowest BCUT2D eigenvalue weighted by Gasteiger charge is -2.26. The summed E-state index contributed by atoms with van der Waals surface area (Å²) >= 11 is 0. The molecule has 118 valence electrons. The Bertz CT molecular complexity index is 679.